The molecule has 0 aromatic rings. The van der Waals surface area contributed by atoms with Crippen molar-refractivity contribution in [3.8, 4) is 0 Å². The van der Waals surface area contributed by atoms with Crippen molar-refractivity contribution in [1.29, 1.82) is 0 Å². The molecule has 23 heavy (non-hydrogen) atoms. The van der Waals surface area contributed by atoms with Gasteiger partial charge in [0.1, 0.15) is 5.78 Å². The summed E-state index contributed by atoms with van der Waals surface area (Å²) in [5.74, 6) is 5.12. The van der Waals surface area contributed by atoms with Crippen molar-refractivity contribution in [3.05, 3.63) is 0 Å². The van der Waals surface area contributed by atoms with E-state index in [9.17, 15) is 4.79 Å². The van der Waals surface area contributed by atoms with Gasteiger partial charge < -0.3 is 0 Å². The molecule has 1 heteroatoms. The van der Waals surface area contributed by atoms with Gasteiger partial charge in [0.05, 0.1) is 0 Å². The number of rotatable bonds is 1. The third kappa shape index (κ3) is 2.13. The molecular weight excluding hydrogens is 280 g/mol. The summed E-state index contributed by atoms with van der Waals surface area (Å²) in [4.78, 5) is 12.4. The average Bonchev–Trinajstić information content (AvgIpc) is 2.77. The molecule has 0 saturated heterocycles. The highest BCUT2D eigenvalue weighted by Crippen LogP contribution is 2.68. The summed E-state index contributed by atoms with van der Waals surface area (Å²) in [6.45, 7) is 9.36. The quantitative estimate of drug-likeness (QED) is 0.591. The molecule has 1 nitrogen and oxygen atoms in total. The van der Waals surface area contributed by atoms with Crippen LogP contribution in [0.4, 0.5) is 0 Å². The third-order valence-corrected chi connectivity index (χ3v) is 9.36. The molecular formula is C22H36O. The average molecular weight is 317 g/mol. The molecule has 0 amide bonds. The van der Waals surface area contributed by atoms with Crippen LogP contribution in [0.2, 0.25) is 0 Å². The summed E-state index contributed by atoms with van der Waals surface area (Å²) in [7, 11) is 0. The van der Waals surface area contributed by atoms with Gasteiger partial charge in [-0.15, -0.1) is 0 Å². The number of ketones is 1. The van der Waals surface area contributed by atoms with E-state index in [1.54, 1.807) is 0 Å². The van der Waals surface area contributed by atoms with Crippen LogP contribution in [0.1, 0.15) is 85.5 Å². The number of carbonyl (C=O) groups excluding carboxylic acids is 1. The van der Waals surface area contributed by atoms with Crippen LogP contribution in [0.15, 0.2) is 0 Å². The van der Waals surface area contributed by atoms with Crippen molar-refractivity contribution in [2.45, 2.75) is 85.5 Å². The summed E-state index contributed by atoms with van der Waals surface area (Å²) in [6.07, 6.45) is 12.9. The van der Waals surface area contributed by atoms with Crippen LogP contribution in [0.3, 0.4) is 0 Å². The molecule has 4 saturated carbocycles. The van der Waals surface area contributed by atoms with Gasteiger partial charge in [0, 0.05) is 5.92 Å². The number of hydrogen-bond acceptors (Lipinski definition) is 1. The zero-order valence-electron chi connectivity index (χ0n) is 15.7. The molecule has 4 fully saturated rings. The van der Waals surface area contributed by atoms with Crippen molar-refractivity contribution >= 4 is 5.78 Å². The Bertz CT molecular complexity index is 496. The predicted molar refractivity (Wildman–Crippen MR) is 95.1 cm³/mol. The fourth-order valence-corrected chi connectivity index (χ4v) is 8.52. The fourth-order valence-electron chi connectivity index (χ4n) is 8.52. The first-order valence-electron chi connectivity index (χ1n) is 10.4. The highest BCUT2D eigenvalue weighted by Gasteiger charge is 2.61. The second kappa shape index (κ2) is 5.33. The summed E-state index contributed by atoms with van der Waals surface area (Å²) in [5.41, 5.74) is 0.935. The largest absolute Gasteiger partial charge is 0.300 e. The monoisotopic (exact) mass is 316 g/mol. The molecule has 0 aromatic heterocycles. The lowest BCUT2D eigenvalue weighted by Crippen LogP contribution is -2.53. The van der Waals surface area contributed by atoms with Gasteiger partial charge in [-0.05, 0) is 92.3 Å². The maximum Gasteiger partial charge on any atom is 0.133 e. The maximum atomic E-state index is 12.4. The van der Waals surface area contributed by atoms with Gasteiger partial charge in [-0.3, -0.25) is 4.79 Å². The number of fused-ring (bicyclic) bond motifs is 5. The minimum absolute atomic E-state index is 0.310. The highest BCUT2D eigenvalue weighted by atomic mass is 16.1. The molecule has 4 rings (SSSR count). The first kappa shape index (κ1) is 16.2. The summed E-state index contributed by atoms with van der Waals surface area (Å²) in [5, 5.41) is 0. The molecule has 0 N–H and O–H groups in total. The van der Waals surface area contributed by atoms with E-state index in [1.165, 1.54) is 57.8 Å². The van der Waals surface area contributed by atoms with Crippen molar-refractivity contribution in [3.63, 3.8) is 0 Å². The van der Waals surface area contributed by atoms with Gasteiger partial charge in [0.15, 0.2) is 0 Å². The van der Waals surface area contributed by atoms with E-state index in [0.29, 0.717) is 28.4 Å². The van der Waals surface area contributed by atoms with Crippen molar-refractivity contribution in [2.75, 3.05) is 0 Å². The van der Waals surface area contributed by atoms with E-state index in [2.05, 4.69) is 20.8 Å². The smallest absolute Gasteiger partial charge is 0.133 e. The Morgan fingerprint density at radius 3 is 2.43 bits per heavy atom. The maximum absolute atomic E-state index is 12.4. The molecule has 8 atom stereocenters. The van der Waals surface area contributed by atoms with Crippen LogP contribution >= 0.6 is 0 Å². The zero-order valence-corrected chi connectivity index (χ0v) is 15.7. The van der Waals surface area contributed by atoms with Crippen molar-refractivity contribution < 1.29 is 4.79 Å². The molecule has 1 unspecified atom stereocenters. The molecule has 0 spiro atoms. The van der Waals surface area contributed by atoms with Crippen LogP contribution in [-0.4, -0.2) is 5.78 Å². The van der Waals surface area contributed by atoms with Crippen LogP contribution < -0.4 is 0 Å². The molecule has 0 aliphatic heterocycles. The first-order chi connectivity index (χ1) is 10.9. The van der Waals surface area contributed by atoms with E-state index < -0.39 is 0 Å². The third-order valence-electron chi connectivity index (χ3n) is 9.36. The molecule has 130 valence electrons. The first-order valence-corrected chi connectivity index (χ1v) is 10.4. The van der Waals surface area contributed by atoms with Gasteiger partial charge in [-0.25, -0.2) is 0 Å². The van der Waals surface area contributed by atoms with E-state index >= 15 is 0 Å². The molecule has 0 radical (unpaired) electrons. The molecule has 0 aromatic carbocycles. The summed E-state index contributed by atoms with van der Waals surface area (Å²) in [6, 6.07) is 0. The van der Waals surface area contributed by atoms with Gasteiger partial charge in [0.2, 0.25) is 0 Å². The fraction of sp³-hybridized carbons (Fsp3) is 0.955. The molecule has 0 bridgehead atoms. The van der Waals surface area contributed by atoms with Gasteiger partial charge in [0.25, 0.3) is 0 Å². The minimum Gasteiger partial charge on any atom is -0.300 e. The number of hydrogen-bond donors (Lipinski definition) is 0. The minimum atomic E-state index is 0.310. The lowest BCUT2D eigenvalue weighted by molar-refractivity contribution is -0.134. The zero-order chi connectivity index (χ0) is 16.4. The van der Waals surface area contributed by atoms with E-state index in [1.807, 2.05) is 6.92 Å². The Labute approximate surface area is 143 Å². The Kier molecular flexibility index (Phi) is 3.75. The number of Topliss-reactive ketones (excluding diaryl/α,β-unsaturated/α-hetero) is 1. The highest BCUT2D eigenvalue weighted by molar-refractivity contribution is 5.80. The van der Waals surface area contributed by atoms with Crippen LogP contribution in [0.25, 0.3) is 0 Å². The topological polar surface area (TPSA) is 17.1 Å². The standard InChI is InChI=1S/C22H36O/c1-14-13-19-17-9-8-16-7-5-6-11-21(16,3)18(17)10-12-22(19,4)20(14)15(2)23/h14,16-20H,5-13H2,1-4H3/t14-,16?,17-,18+,19+,20-,21+,22+/m1/s1. The normalized spacial score (nSPS) is 55.7. The van der Waals surface area contributed by atoms with Gasteiger partial charge in [-0.1, -0.05) is 33.6 Å². The van der Waals surface area contributed by atoms with Crippen LogP contribution in [0, 0.1) is 46.3 Å². The lowest BCUT2D eigenvalue weighted by atomic mass is 9.45. The Hall–Kier alpha value is -0.330. The predicted octanol–water partition coefficient (Wildman–Crippen LogP) is 5.87. The second-order valence-corrected chi connectivity index (χ2v) is 10.2. The van der Waals surface area contributed by atoms with E-state index in [-0.39, 0.29) is 0 Å². The Balaban J connectivity index is 1.66. The van der Waals surface area contributed by atoms with E-state index in [4.69, 9.17) is 0 Å². The van der Waals surface area contributed by atoms with Crippen molar-refractivity contribution in [1.82, 2.24) is 0 Å². The molecule has 0 heterocycles. The molecule has 4 aliphatic carbocycles. The number of carbonyl (C=O) groups is 1. The lowest BCUT2D eigenvalue weighted by Gasteiger charge is -2.60. The van der Waals surface area contributed by atoms with Crippen molar-refractivity contribution in [2.24, 2.45) is 46.3 Å². The van der Waals surface area contributed by atoms with E-state index in [0.717, 1.165) is 23.7 Å². The SMILES string of the molecule is CC(=O)[C@H]1[C@H](C)C[C@H]2[C@@H]3CCC4CCCC[C@]4(C)[C@H]3CC[C@@]21C. The molecule has 4 aliphatic rings. The summed E-state index contributed by atoms with van der Waals surface area (Å²) < 4.78 is 0. The van der Waals surface area contributed by atoms with Gasteiger partial charge in [-0.2, -0.15) is 0 Å². The summed E-state index contributed by atoms with van der Waals surface area (Å²) >= 11 is 0. The van der Waals surface area contributed by atoms with Crippen LogP contribution in [-0.2, 0) is 4.79 Å². The second-order valence-electron chi connectivity index (χ2n) is 10.2. The van der Waals surface area contributed by atoms with Gasteiger partial charge >= 0.3 is 0 Å². The van der Waals surface area contributed by atoms with Crippen LogP contribution in [0.5, 0.6) is 0 Å². The Morgan fingerprint density at radius 2 is 1.70 bits per heavy atom. The Morgan fingerprint density at radius 1 is 0.913 bits per heavy atom.